The van der Waals surface area contributed by atoms with E-state index < -0.39 is 11.4 Å². The van der Waals surface area contributed by atoms with E-state index in [-0.39, 0.29) is 17.3 Å². The lowest BCUT2D eigenvalue weighted by atomic mass is 10.1. The van der Waals surface area contributed by atoms with Crippen LogP contribution in [-0.2, 0) is 17.8 Å². The Morgan fingerprint density at radius 2 is 1.94 bits per heavy atom. The van der Waals surface area contributed by atoms with Gasteiger partial charge in [-0.15, -0.1) is 0 Å². The van der Waals surface area contributed by atoms with Crippen LogP contribution < -0.4 is 9.47 Å². The molecule has 1 aliphatic carbocycles. The number of aryl methyl sites for hydroxylation is 1. The fraction of sp³-hybridized carbons (Fsp3) is 0.250. The molecule has 3 aromatic rings. The first kappa shape index (κ1) is 19.9. The molecule has 31 heavy (non-hydrogen) atoms. The molecule has 2 aromatic carbocycles. The molecule has 0 radical (unpaired) electrons. The van der Waals surface area contributed by atoms with E-state index in [0.29, 0.717) is 6.42 Å². The average molecular weight is 435 g/mol. The smallest absolute Gasteiger partial charge is 0.240 e. The zero-order chi connectivity index (χ0) is 21.4. The van der Waals surface area contributed by atoms with Crippen molar-refractivity contribution in [3.63, 3.8) is 0 Å². The van der Waals surface area contributed by atoms with Crippen LogP contribution in [0.5, 0.6) is 17.2 Å². The van der Waals surface area contributed by atoms with Gasteiger partial charge in [-0.2, -0.15) is 0 Å². The second-order valence-electron chi connectivity index (χ2n) is 7.76. The van der Waals surface area contributed by atoms with Gasteiger partial charge in [-0.25, -0.2) is 0 Å². The molecule has 1 aliphatic heterocycles. The van der Waals surface area contributed by atoms with Gasteiger partial charge < -0.3 is 19.1 Å². The Labute approximate surface area is 183 Å². The molecule has 1 N–H and O–H groups in total. The number of benzene rings is 2. The highest BCUT2D eigenvalue weighted by molar-refractivity contribution is 7.90. The van der Waals surface area contributed by atoms with Crippen molar-refractivity contribution >= 4 is 17.3 Å². The van der Waals surface area contributed by atoms with Gasteiger partial charge in [0, 0.05) is 29.1 Å². The fourth-order valence-corrected chi connectivity index (χ4v) is 5.19. The molecule has 1 aromatic heterocycles. The van der Waals surface area contributed by atoms with Crippen LogP contribution in [0.15, 0.2) is 65.3 Å². The molecular weight excluding hydrogens is 412 g/mol. The number of fused-ring (bicyclic) bond motifs is 1. The summed E-state index contributed by atoms with van der Waals surface area (Å²) < 4.78 is 28.2. The molecule has 0 saturated carbocycles. The van der Waals surface area contributed by atoms with Crippen LogP contribution in [0, 0.1) is 6.92 Å². The zero-order valence-corrected chi connectivity index (χ0v) is 17.8. The molecule has 6 nitrogen and oxygen atoms in total. The molecule has 3 atom stereocenters. The monoisotopic (exact) mass is 434 g/mol. The van der Waals surface area contributed by atoms with Crippen molar-refractivity contribution in [1.82, 2.24) is 4.98 Å². The number of hydrogen-bond acceptors (Lipinski definition) is 5. The summed E-state index contributed by atoms with van der Waals surface area (Å²) in [6, 6.07) is 15.5. The fourth-order valence-electron chi connectivity index (χ4n) is 4.10. The van der Waals surface area contributed by atoms with Gasteiger partial charge in [0.25, 0.3) is 0 Å². The van der Waals surface area contributed by atoms with Crippen LogP contribution in [0.1, 0.15) is 46.4 Å². The van der Waals surface area contributed by atoms with Crippen molar-refractivity contribution in [2.24, 2.45) is 4.40 Å². The van der Waals surface area contributed by atoms with Gasteiger partial charge in [0.2, 0.25) is 5.90 Å². The summed E-state index contributed by atoms with van der Waals surface area (Å²) in [7, 11) is 0. The third kappa shape index (κ3) is 3.98. The second-order valence-corrected chi connectivity index (χ2v) is 9.06. The van der Waals surface area contributed by atoms with Crippen molar-refractivity contribution in [2.75, 3.05) is 0 Å². The van der Waals surface area contributed by atoms with Gasteiger partial charge in [0.1, 0.15) is 34.7 Å². The van der Waals surface area contributed by atoms with Gasteiger partial charge in [-0.1, -0.05) is 24.3 Å². The first-order valence-corrected chi connectivity index (χ1v) is 11.4. The van der Waals surface area contributed by atoms with Gasteiger partial charge in [-0.3, -0.25) is 4.98 Å². The summed E-state index contributed by atoms with van der Waals surface area (Å²) in [4.78, 5) is 4.12. The van der Waals surface area contributed by atoms with Crippen LogP contribution in [0.4, 0.5) is 0 Å². The molecule has 5 rings (SSSR count). The number of hydrogen-bond donors (Lipinski definition) is 1. The molecule has 0 amide bonds. The zero-order valence-electron chi connectivity index (χ0n) is 17.0. The Balaban J connectivity index is 1.31. The predicted octanol–water partition coefficient (Wildman–Crippen LogP) is 5.31. The third-order valence-electron chi connectivity index (χ3n) is 5.70. The molecule has 158 valence electrons. The molecule has 7 heteroatoms. The molecule has 0 spiro atoms. The quantitative estimate of drug-likeness (QED) is 0.550. The van der Waals surface area contributed by atoms with E-state index in [1.54, 1.807) is 12.4 Å². The topological polar surface area (TPSA) is 87.0 Å². The lowest BCUT2D eigenvalue weighted by Gasteiger charge is -2.17. The predicted molar refractivity (Wildman–Crippen MR) is 119 cm³/mol. The largest absolute Gasteiger partial charge is 0.591 e. The Bertz CT molecular complexity index is 1130. The summed E-state index contributed by atoms with van der Waals surface area (Å²) >= 11 is -1.42. The number of aliphatic hydroxyl groups excluding tert-OH is 1. The minimum Gasteiger partial charge on any atom is -0.591 e. The maximum absolute atomic E-state index is 12.0. The van der Waals surface area contributed by atoms with Crippen molar-refractivity contribution in [3.8, 4) is 17.2 Å². The molecule has 0 saturated heterocycles. The summed E-state index contributed by atoms with van der Waals surface area (Å²) in [5, 5.41) is 9.22. The Hall–Kier alpha value is -3.03. The molecule has 3 unspecified atom stereocenters. The van der Waals surface area contributed by atoms with Gasteiger partial charge in [-0.05, 0) is 54.0 Å². The molecule has 2 heterocycles. The van der Waals surface area contributed by atoms with E-state index in [1.807, 2.05) is 49.4 Å². The Kier molecular flexibility index (Phi) is 5.29. The number of rotatable bonds is 5. The van der Waals surface area contributed by atoms with E-state index in [9.17, 15) is 9.66 Å². The molecule has 0 bridgehead atoms. The summed E-state index contributed by atoms with van der Waals surface area (Å²) in [5.41, 5.74) is 4.19. The Morgan fingerprint density at radius 1 is 1.10 bits per heavy atom. The molecule has 2 aliphatic rings. The van der Waals surface area contributed by atoms with Crippen LogP contribution in [-0.4, -0.2) is 20.5 Å². The van der Waals surface area contributed by atoms with Gasteiger partial charge in [0.05, 0.1) is 6.42 Å². The highest BCUT2D eigenvalue weighted by Crippen LogP contribution is 2.41. The highest BCUT2D eigenvalue weighted by atomic mass is 32.2. The summed E-state index contributed by atoms with van der Waals surface area (Å²) in [6.07, 6.45) is 5.55. The van der Waals surface area contributed by atoms with Crippen LogP contribution >= 0.6 is 0 Å². The average Bonchev–Trinajstić information content (AvgIpc) is 3.33. The van der Waals surface area contributed by atoms with Crippen LogP contribution in [0.3, 0.4) is 0 Å². The number of nitrogens with zero attached hydrogens (tertiary/aromatic N) is 2. The summed E-state index contributed by atoms with van der Waals surface area (Å²) in [5.74, 6) is 2.37. The number of aromatic nitrogens is 1. The minimum absolute atomic E-state index is 0.0454. The van der Waals surface area contributed by atoms with E-state index >= 15 is 0 Å². The van der Waals surface area contributed by atoms with Crippen molar-refractivity contribution in [1.29, 1.82) is 0 Å². The Morgan fingerprint density at radius 3 is 2.68 bits per heavy atom. The molecule has 0 fully saturated rings. The van der Waals surface area contributed by atoms with E-state index in [4.69, 9.17) is 9.47 Å². The number of ether oxygens (including phenoxy) is 2. The number of pyridine rings is 1. The first-order chi connectivity index (χ1) is 15.1. The maximum atomic E-state index is 12.0. The van der Waals surface area contributed by atoms with Crippen molar-refractivity contribution < 1.29 is 19.1 Å². The minimum atomic E-state index is -1.42. The van der Waals surface area contributed by atoms with Crippen LogP contribution in [0.2, 0.25) is 0 Å². The van der Waals surface area contributed by atoms with Crippen molar-refractivity contribution in [2.45, 2.75) is 37.5 Å². The second kappa shape index (κ2) is 8.24. The lowest BCUT2D eigenvalue weighted by molar-refractivity contribution is 0.207. The highest BCUT2D eigenvalue weighted by Gasteiger charge is 2.34. The van der Waals surface area contributed by atoms with E-state index in [0.717, 1.165) is 46.8 Å². The van der Waals surface area contributed by atoms with E-state index in [1.165, 1.54) is 5.56 Å². The normalized spacial score (nSPS) is 22.1. The van der Waals surface area contributed by atoms with Gasteiger partial charge >= 0.3 is 0 Å². The van der Waals surface area contributed by atoms with Crippen molar-refractivity contribution in [3.05, 3.63) is 83.2 Å². The SMILES string of the molecule is Cc1cnccc1Oc1cccc2c1CCC2Oc1ccc(C2CC(O)=N[S+]2[O-])cc1. The maximum Gasteiger partial charge on any atom is 0.240 e. The standard InChI is InChI=1S/C24H22N2O4S/c1-15-14-25-12-11-20(15)30-21-4-2-3-18-19(21)9-10-22(18)29-17-7-5-16(6-8-17)23-13-24(27)26-31(23)28/h2-8,11-12,14,22-23H,9-10,13H2,1H3,(H,26,27). The molecular formula is C24H22N2O4S. The lowest BCUT2D eigenvalue weighted by Crippen LogP contribution is -2.07. The van der Waals surface area contributed by atoms with Crippen LogP contribution in [0.25, 0.3) is 0 Å². The summed E-state index contributed by atoms with van der Waals surface area (Å²) in [6.45, 7) is 1.98. The first-order valence-electron chi connectivity index (χ1n) is 10.2. The van der Waals surface area contributed by atoms with E-state index in [2.05, 4.69) is 15.4 Å². The third-order valence-corrected chi connectivity index (χ3v) is 7.01. The number of aliphatic hydroxyl groups is 1. The van der Waals surface area contributed by atoms with Gasteiger partial charge in [0.15, 0.2) is 5.25 Å².